The van der Waals surface area contributed by atoms with E-state index < -0.39 is 23.4 Å². The van der Waals surface area contributed by atoms with E-state index in [9.17, 15) is 14.4 Å². The Hall–Kier alpha value is -2.93. The molecule has 1 aromatic heterocycles. The molecule has 26 heavy (non-hydrogen) atoms. The fraction of sp³-hybridized carbons (Fsp3) is 0.222. The van der Waals surface area contributed by atoms with E-state index in [1.807, 2.05) is 30.3 Å². The van der Waals surface area contributed by atoms with Crippen LogP contribution in [0.3, 0.4) is 0 Å². The Labute approximate surface area is 155 Å². The molecule has 7 nitrogen and oxygen atoms in total. The molecule has 0 unspecified atom stereocenters. The van der Waals surface area contributed by atoms with Crippen molar-refractivity contribution in [3.63, 3.8) is 0 Å². The third kappa shape index (κ3) is 3.67. The van der Waals surface area contributed by atoms with Crippen LogP contribution in [0.4, 0.5) is 4.79 Å². The van der Waals surface area contributed by atoms with Gasteiger partial charge >= 0.3 is 6.03 Å². The minimum atomic E-state index is -1.09. The molecule has 2 heterocycles. The molecule has 2 N–H and O–H groups in total. The van der Waals surface area contributed by atoms with Crippen LogP contribution in [-0.4, -0.2) is 33.4 Å². The van der Waals surface area contributed by atoms with Crippen molar-refractivity contribution in [1.29, 1.82) is 0 Å². The largest absolute Gasteiger partial charge is 0.344 e. The maximum atomic E-state index is 12.7. The molecule has 2 aromatic rings. The number of nitrogens with one attached hydrogen (secondary N) is 2. The van der Waals surface area contributed by atoms with Crippen LogP contribution in [0.1, 0.15) is 29.3 Å². The van der Waals surface area contributed by atoms with Crippen LogP contribution in [0.15, 0.2) is 48.7 Å². The average molecular weight is 373 g/mol. The number of carbonyl (C=O) groups excluding carboxylic acids is 3. The second kappa shape index (κ2) is 7.13. The Kier molecular flexibility index (Phi) is 4.90. The quantitative estimate of drug-likeness (QED) is 0.622. The van der Waals surface area contributed by atoms with Crippen molar-refractivity contribution in [2.24, 2.45) is 0 Å². The van der Waals surface area contributed by atoms with Crippen LogP contribution < -0.4 is 10.7 Å². The molecule has 0 radical (unpaired) electrons. The smallest absolute Gasteiger partial charge is 0.322 e. The van der Waals surface area contributed by atoms with Gasteiger partial charge in [0.2, 0.25) is 0 Å². The summed E-state index contributed by atoms with van der Waals surface area (Å²) in [6.45, 7) is 1.64. The minimum absolute atomic E-state index is 0.141. The number of halogens is 1. The van der Waals surface area contributed by atoms with Crippen LogP contribution in [0.25, 0.3) is 0 Å². The molecule has 1 aliphatic rings. The maximum absolute atomic E-state index is 12.7. The highest BCUT2D eigenvalue weighted by molar-refractivity contribution is 6.29. The maximum Gasteiger partial charge on any atom is 0.344 e. The first kappa shape index (κ1) is 17.9. The molecule has 3 rings (SSSR count). The Bertz CT molecular complexity index is 859. The summed E-state index contributed by atoms with van der Waals surface area (Å²) in [4.78, 5) is 40.9. The van der Waals surface area contributed by atoms with E-state index in [0.29, 0.717) is 17.9 Å². The van der Waals surface area contributed by atoms with Crippen molar-refractivity contribution < 1.29 is 14.4 Å². The number of urea groups is 1. The van der Waals surface area contributed by atoms with Crippen molar-refractivity contribution in [2.75, 3.05) is 0 Å². The summed E-state index contributed by atoms with van der Waals surface area (Å²) in [7, 11) is 0. The van der Waals surface area contributed by atoms with Crippen molar-refractivity contribution >= 4 is 29.4 Å². The summed E-state index contributed by atoms with van der Waals surface area (Å²) in [6, 6.07) is 11.8. The molecule has 1 saturated heterocycles. The number of aryl methyl sites for hydroxylation is 1. The molecule has 1 aromatic carbocycles. The van der Waals surface area contributed by atoms with Crippen LogP contribution in [-0.2, 0) is 11.2 Å². The second-order valence-corrected chi connectivity index (χ2v) is 6.58. The molecule has 8 heteroatoms. The zero-order chi connectivity index (χ0) is 18.7. The lowest BCUT2D eigenvalue weighted by molar-refractivity contribution is -0.132. The molecule has 0 bridgehead atoms. The highest BCUT2D eigenvalue weighted by atomic mass is 35.5. The number of carbonyl (C=O) groups is 3. The number of hydrogen-bond acceptors (Lipinski definition) is 4. The second-order valence-electron chi connectivity index (χ2n) is 6.20. The Morgan fingerprint density at radius 1 is 1.27 bits per heavy atom. The topological polar surface area (TPSA) is 91.4 Å². The molecule has 0 saturated carbocycles. The Balaban J connectivity index is 1.69. The zero-order valence-corrected chi connectivity index (χ0v) is 14.8. The summed E-state index contributed by atoms with van der Waals surface area (Å²) >= 11 is 5.76. The molecule has 1 fully saturated rings. The molecule has 1 aliphatic heterocycles. The number of imide groups is 1. The zero-order valence-electron chi connectivity index (χ0n) is 14.0. The van der Waals surface area contributed by atoms with E-state index in [4.69, 9.17) is 11.6 Å². The normalized spacial score (nSPS) is 19.4. The van der Waals surface area contributed by atoms with Gasteiger partial charge < -0.3 is 5.32 Å². The number of pyridine rings is 1. The average Bonchev–Trinajstić information content (AvgIpc) is 2.84. The summed E-state index contributed by atoms with van der Waals surface area (Å²) in [5.41, 5.74) is 2.49. The van der Waals surface area contributed by atoms with Crippen molar-refractivity contribution in [3.8, 4) is 0 Å². The van der Waals surface area contributed by atoms with Crippen molar-refractivity contribution in [1.82, 2.24) is 20.7 Å². The Morgan fingerprint density at radius 3 is 2.69 bits per heavy atom. The monoisotopic (exact) mass is 372 g/mol. The number of hydrazine groups is 1. The van der Waals surface area contributed by atoms with Crippen LogP contribution in [0.2, 0.25) is 5.15 Å². The van der Waals surface area contributed by atoms with Crippen molar-refractivity contribution in [2.45, 2.75) is 25.3 Å². The van der Waals surface area contributed by atoms with E-state index in [1.165, 1.54) is 18.3 Å². The summed E-state index contributed by atoms with van der Waals surface area (Å²) in [5.74, 6) is -1.13. The number of amides is 4. The molecular weight excluding hydrogens is 356 g/mol. The fourth-order valence-electron chi connectivity index (χ4n) is 2.70. The van der Waals surface area contributed by atoms with Crippen LogP contribution in [0.5, 0.6) is 0 Å². The van der Waals surface area contributed by atoms with Gasteiger partial charge in [-0.3, -0.25) is 15.0 Å². The number of hydrogen-bond donors (Lipinski definition) is 2. The molecule has 134 valence electrons. The first-order chi connectivity index (χ1) is 12.4. The van der Waals surface area contributed by atoms with Gasteiger partial charge in [0, 0.05) is 11.8 Å². The number of benzene rings is 1. The van der Waals surface area contributed by atoms with E-state index in [0.717, 1.165) is 5.56 Å². The molecule has 0 spiro atoms. The Morgan fingerprint density at radius 2 is 2.00 bits per heavy atom. The van der Waals surface area contributed by atoms with E-state index in [1.54, 1.807) is 6.92 Å². The van der Waals surface area contributed by atoms with Gasteiger partial charge in [-0.25, -0.2) is 9.78 Å². The van der Waals surface area contributed by atoms with Gasteiger partial charge in [0.05, 0.1) is 0 Å². The van der Waals surface area contributed by atoms with E-state index in [-0.39, 0.29) is 10.7 Å². The van der Waals surface area contributed by atoms with Crippen LogP contribution in [0, 0.1) is 0 Å². The van der Waals surface area contributed by atoms with E-state index in [2.05, 4.69) is 15.7 Å². The SMILES string of the molecule is C[C@]1(CCc2ccccc2)NC(=O)N(NC(=O)c2ccnc(Cl)c2)C1=O. The molecule has 0 aliphatic carbocycles. The molecule has 1 atom stereocenters. The fourth-order valence-corrected chi connectivity index (χ4v) is 2.88. The number of nitrogens with zero attached hydrogens (tertiary/aromatic N) is 2. The number of aromatic nitrogens is 1. The molecule has 4 amide bonds. The predicted octanol–water partition coefficient (Wildman–Crippen LogP) is 2.32. The van der Waals surface area contributed by atoms with Crippen molar-refractivity contribution in [3.05, 3.63) is 64.9 Å². The summed E-state index contributed by atoms with van der Waals surface area (Å²) in [6.07, 6.45) is 2.40. The summed E-state index contributed by atoms with van der Waals surface area (Å²) < 4.78 is 0. The highest BCUT2D eigenvalue weighted by Crippen LogP contribution is 2.22. The number of rotatable bonds is 5. The first-order valence-electron chi connectivity index (χ1n) is 8.02. The lowest BCUT2D eigenvalue weighted by atomic mass is 9.93. The van der Waals surface area contributed by atoms with Gasteiger partial charge in [-0.2, -0.15) is 5.01 Å². The first-order valence-corrected chi connectivity index (χ1v) is 8.40. The lowest BCUT2D eigenvalue weighted by Crippen LogP contribution is -2.48. The highest BCUT2D eigenvalue weighted by Gasteiger charge is 2.48. The van der Waals surface area contributed by atoms with Gasteiger partial charge in [-0.15, -0.1) is 0 Å². The molecular formula is C18H17ClN4O3. The van der Waals surface area contributed by atoms with Crippen LogP contribution >= 0.6 is 11.6 Å². The van der Waals surface area contributed by atoms with E-state index >= 15 is 0 Å². The van der Waals surface area contributed by atoms with Gasteiger partial charge in [0.15, 0.2) is 0 Å². The standard InChI is InChI=1S/C18H17ClN4O3/c1-18(9-7-12-5-3-2-4-6-12)16(25)23(17(26)21-18)22-15(24)13-8-10-20-14(19)11-13/h2-6,8,10-11H,7,9H2,1H3,(H,21,26)(H,22,24)/t18-/m1/s1. The lowest BCUT2D eigenvalue weighted by Gasteiger charge is -2.21. The van der Waals surface area contributed by atoms with Gasteiger partial charge in [0.25, 0.3) is 11.8 Å². The predicted molar refractivity (Wildman–Crippen MR) is 95.3 cm³/mol. The third-order valence-corrected chi connectivity index (χ3v) is 4.43. The summed E-state index contributed by atoms with van der Waals surface area (Å²) in [5, 5.41) is 3.50. The minimum Gasteiger partial charge on any atom is -0.322 e. The van der Waals surface area contributed by atoms with Gasteiger partial charge in [-0.05, 0) is 37.5 Å². The van der Waals surface area contributed by atoms with Gasteiger partial charge in [0.1, 0.15) is 10.7 Å². The third-order valence-electron chi connectivity index (χ3n) is 4.22. The van der Waals surface area contributed by atoms with Gasteiger partial charge in [-0.1, -0.05) is 41.9 Å².